The molecule has 7 nitrogen and oxygen atoms in total. The summed E-state index contributed by atoms with van der Waals surface area (Å²) < 4.78 is 20.0. The van der Waals surface area contributed by atoms with Crippen molar-refractivity contribution in [3.63, 3.8) is 0 Å². The lowest BCUT2D eigenvalue weighted by Crippen LogP contribution is -2.50. The summed E-state index contributed by atoms with van der Waals surface area (Å²) in [5.41, 5.74) is 1.81. The molecule has 1 saturated heterocycles. The summed E-state index contributed by atoms with van der Waals surface area (Å²) in [6.07, 6.45) is 0.591. The van der Waals surface area contributed by atoms with Crippen molar-refractivity contribution in [2.75, 3.05) is 31.7 Å². The van der Waals surface area contributed by atoms with Crippen LogP contribution in [0, 0.1) is 11.7 Å². The van der Waals surface area contributed by atoms with Crippen LogP contribution in [0.15, 0.2) is 53.5 Å². The molecule has 1 atom stereocenters. The Hall–Kier alpha value is -3.26. The quantitative estimate of drug-likeness (QED) is 0.792. The number of fused-ring (bicyclic) bond motifs is 1. The van der Waals surface area contributed by atoms with Crippen molar-refractivity contribution in [3.8, 4) is 0 Å². The van der Waals surface area contributed by atoms with Gasteiger partial charge < -0.3 is 20.3 Å². The summed E-state index contributed by atoms with van der Waals surface area (Å²) in [7, 11) is 1.62. The molecular weight excluding hydrogens is 399 g/mol. The van der Waals surface area contributed by atoms with Gasteiger partial charge in [0, 0.05) is 37.9 Å². The number of hydrogen-bond acceptors (Lipinski definition) is 4. The molecule has 2 aromatic carbocycles. The molecule has 0 radical (unpaired) electrons. The minimum Gasteiger partial charge on any atom is -0.381 e. The van der Waals surface area contributed by atoms with Gasteiger partial charge in [-0.15, -0.1) is 0 Å². The topological polar surface area (TPSA) is 83.0 Å². The van der Waals surface area contributed by atoms with E-state index in [1.807, 2.05) is 6.07 Å². The fraction of sp³-hybridized carbons (Fsp3) is 0.348. The molecule has 2 aliphatic rings. The molecule has 2 aliphatic heterocycles. The van der Waals surface area contributed by atoms with E-state index in [9.17, 15) is 14.0 Å². The summed E-state index contributed by atoms with van der Waals surface area (Å²) in [6.45, 7) is 1.87. The molecule has 8 heteroatoms. The molecule has 0 aliphatic carbocycles. The molecule has 3 amide bonds. The molecule has 1 fully saturated rings. The molecule has 2 aromatic rings. The van der Waals surface area contributed by atoms with Gasteiger partial charge in [-0.25, -0.2) is 14.2 Å². The zero-order valence-electron chi connectivity index (χ0n) is 17.3. The molecule has 4 rings (SSSR count). The first-order valence-corrected chi connectivity index (χ1v) is 10.4. The van der Waals surface area contributed by atoms with E-state index >= 15 is 0 Å². The first-order chi connectivity index (χ1) is 15.0. The van der Waals surface area contributed by atoms with Crippen LogP contribution in [0.25, 0.3) is 0 Å². The Morgan fingerprint density at radius 1 is 1.13 bits per heavy atom. The predicted molar refractivity (Wildman–Crippen MR) is 116 cm³/mol. The highest BCUT2D eigenvalue weighted by atomic mass is 19.1. The zero-order chi connectivity index (χ0) is 21.8. The highest BCUT2D eigenvalue weighted by molar-refractivity contribution is 6.20. The Morgan fingerprint density at radius 2 is 1.81 bits per heavy atom. The van der Waals surface area contributed by atoms with Crippen molar-refractivity contribution in [1.29, 1.82) is 0 Å². The highest BCUT2D eigenvalue weighted by Crippen LogP contribution is 2.28. The molecule has 31 heavy (non-hydrogen) atoms. The average molecular weight is 424 g/mol. The lowest BCUT2D eigenvalue weighted by molar-refractivity contribution is -0.119. The summed E-state index contributed by atoms with van der Waals surface area (Å²) in [4.78, 5) is 31.6. The van der Waals surface area contributed by atoms with Crippen LogP contribution < -0.4 is 15.5 Å². The number of aliphatic imine (C=N–C) groups is 1. The van der Waals surface area contributed by atoms with Gasteiger partial charge in [0.05, 0.1) is 11.4 Å². The van der Waals surface area contributed by atoms with Gasteiger partial charge in [0.2, 0.25) is 6.17 Å². The molecular formula is C23H25FN4O3. The Bertz CT molecular complexity index is 1000. The van der Waals surface area contributed by atoms with Crippen molar-refractivity contribution >= 4 is 23.3 Å². The number of hydrogen-bond donors (Lipinski definition) is 2. The van der Waals surface area contributed by atoms with E-state index < -0.39 is 23.9 Å². The number of benzodiazepines with no additional fused rings is 1. The molecule has 1 unspecified atom stereocenters. The first kappa shape index (κ1) is 21.0. The number of anilines is 1. The number of halogens is 1. The van der Waals surface area contributed by atoms with Gasteiger partial charge >= 0.3 is 6.03 Å². The van der Waals surface area contributed by atoms with Gasteiger partial charge in [0.25, 0.3) is 5.91 Å². The lowest BCUT2D eigenvalue weighted by Gasteiger charge is -2.23. The molecule has 162 valence electrons. The maximum atomic E-state index is 14.6. The molecule has 0 aromatic heterocycles. The van der Waals surface area contributed by atoms with Gasteiger partial charge in [-0.2, -0.15) is 0 Å². The Labute approximate surface area is 180 Å². The largest absolute Gasteiger partial charge is 0.381 e. The van der Waals surface area contributed by atoms with Crippen LogP contribution in [-0.4, -0.2) is 50.6 Å². The van der Waals surface area contributed by atoms with Gasteiger partial charge in [0.1, 0.15) is 5.82 Å². The van der Waals surface area contributed by atoms with Crippen LogP contribution in [0.3, 0.4) is 0 Å². The molecule has 2 heterocycles. The van der Waals surface area contributed by atoms with Crippen LogP contribution >= 0.6 is 0 Å². The third-order valence-corrected chi connectivity index (χ3v) is 5.63. The normalized spacial score (nSPS) is 19.3. The average Bonchev–Trinajstić information content (AvgIpc) is 2.90. The SMILES string of the molecule is CN1C(=O)C(NC(=O)NCC2CCOCC2)N=C(c2ccccc2F)c2ccccc21. The maximum Gasteiger partial charge on any atom is 0.316 e. The minimum atomic E-state index is -1.18. The second kappa shape index (κ2) is 9.26. The number of benzene rings is 2. The van der Waals surface area contributed by atoms with E-state index in [0.29, 0.717) is 42.6 Å². The van der Waals surface area contributed by atoms with E-state index in [1.165, 1.54) is 11.0 Å². The smallest absolute Gasteiger partial charge is 0.316 e. The highest BCUT2D eigenvalue weighted by Gasteiger charge is 2.31. The Morgan fingerprint density at radius 3 is 2.55 bits per heavy atom. The summed E-state index contributed by atoms with van der Waals surface area (Å²) >= 11 is 0. The van der Waals surface area contributed by atoms with Crippen LogP contribution in [0.1, 0.15) is 24.0 Å². The summed E-state index contributed by atoms with van der Waals surface area (Å²) in [5, 5.41) is 5.47. The molecule has 0 saturated carbocycles. The summed E-state index contributed by atoms with van der Waals surface area (Å²) in [5.74, 6) is -0.510. The van der Waals surface area contributed by atoms with E-state index in [0.717, 1.165) is 12.8 Å². The Kier molecular flexibility index (Phi) is 6.27. The van der Waals surface area contributed by atoms with Crippen molar-refractivity contribution < 1.29 is 18.7 Å². The van der Waals surface area contributed by atoms with Gasteiger partial charge in [-0.1, -0.05) is 30.3 Å². The number of nitrogens with one attached hydrogen (secondary N) is 2. The van der Waals surface area contributed by atoms with Gasteiger partial charge in [-0.05, 0) is 37.0 Å². The minimum absolute atomic E-state index is 0.271. The number of urea groups is 1. The number of ether oxygens (including phenoxy) is 1. The second-order valence-electron chi connectivity index (χ2n) is 7.68. The maximum absolute atomic E-state index is 14.6. The zero-order valence-corrected chi connectivity index (χ0v) is 17.3. The van der Waals surface area contributed by atoms with Crippen LogP contribution in [0.2, 0.25) is 0 Å². The molecule has 0 spiro atoms. The van der Waals surface area contributed by atoms with Crippen molar-refractivity contribution in [1.82, 2.24) is 10.6 Å². The standard InChI is InChI=1S/C23H25FN4O3/c1-28-19-9-5-3-7-17(19)20(16-6-2-4-8-18(16)24)26-21(22(28)29)27-23(30)25-14-15-10-12-31-13-11-15/h2-9,15,21H,10-14H2,1H3,(H2,25,27,30). The number of rotatable bonds is 4. The van der Waals surface area contributed by atoms with Crippen molar-refractivity contribution in [3.05, 3.63) is 65.5 Å². The monoisotopic (exact) mass is 424 g/mol. The van der Waals surface area contributed by atoms with Crippen LogP contribution in [0.4, 0.5) is 14.9 Å². The first-order valence-electron chi connectivity index (χ1n) is 10.4. The van der Waals surface area contributed by atoms with E-state index in [-0.39, 0.29) is 5.56 Å². The van der Waals surface area contributed by atoms with Gasteiger partial charge in [0.15, 0.2) is 0 Å². The number of nitrogens with zero attached hydrogens (tertiary/aromatic N) is 2. The fourth-order valence-electron chi connectivity index (χ4n) is 3.85. The lowest BCUT2D eigenvalue weighted by atomic mass is 10.00. The van der Waals surface area contributed by atoms with E-state index in [4.69, 9.17) is 4.74 Å². The second-order valence-corrected chi connectivity index (χ2v) is 7.68. The predicted octanol–water partition coefficient (Wildman–Crippen LogP) is 2.69. The number of para-hydroxylation sites is 1. The molecule has 0 bridgehead atoms. The number of amides is 3. The van der Waals surface area contributed by atoms with Crippen LogP contribution in [0.5, 0.6) is 0 Å². The van der Waals surface area contributed by atoms with Crippen molar-refractivity contribution in [2.45, 2.75) is 19.0 Å². The third-order valence-electron chi connectivity index (χ3n) is 5.63. The van der Waals surface area contributed by atoms with E-state index in [1.54, 1.807) is 43.4 Å². The van der Waals surface area contributed by atoms with E-state index in [2.05, 4.69) is 15.6 Å². The number of carbonyl (C=O) groups is 2. The Balaban J connectivity index is 1.61. The molecule has 2 N–H and O–H groups in total. The van der Waals surface area contributed by atoms with Crippen LogP contribution in [-0.2, 0) is 9.53 Å². The fourth-order valence-corrected chi connectivity index (χ4v) is 3.85. The van der Waals surface area contributed by atoms with Gasteiger partial charge in [-0.3, -0.25) is 4.79 Å². The summed E-state index contributed by atoms with van der Waals surface area (Å²) in [6, 6.07) is 13.0. The number of carbonyl (C=O) groups excluding carboxylic acids is 2. The number of likely N-dealkylation sites (N-methyl/N-ethyl adjacent to an activating group) is 1. The third kappa shape index (κ3) is 4.59. The van der Waals surface area contributed by atoms with Crippen molar-refractivity contribution in [2.24, 2.45) is 10.9 Å².